The number of ketones is 2. The molecule has 1 aromatic rings. The number of benzene rings is 1. The van der Waals surface area contributed by atoms with Crippen molar-refractivity contribution < 1.29 is 18.6 Å². The smallest absolute Gasteiger partial charge is 0.147 e. The SMILES string of the molecule is C=C(/C=C(\OC)C(C)(C)C)CC(=O)Cc1ccc(CC(=O)C23C=C(C4CCCCCC4)C=CC2C3)cc1.CC.[HH].[HH].[HH]. The molecular weight excluding hydrogens is 480 g/mol. The molecule has 2 atom stereocenters. The van der Waals surface area contributed by atoms with Crippen molar-refractivity contribution in [1.29, 1.82) is 0 Å². The first kappa shape index (κ1) is 30.9. The van der Waals surface area contributed by atoms with Gasteiger partial charge in [0, 0.05) is 29.0 Å². The number of carbonyl (C=O) groups excluding carboxylic acids is 2. The molecule has 3 nitrogen and oxygen atoms in total. The van der Waals surface area contributed by atoms with Crippen molar-refractivity contribution in [1.82, 2.24) is 0 Å². The Kier molecular flexibility index (Phi) is 10.8. The number of allylic oxidation sites excluding steroid dienone is 7. The molecule has 3 aliphatic carbocycles. The lowest BCUT2D eigenvalue weighted by atomic mass is 9.81. The topological polar surface area (TPSA) is 43.4 Å². The standard InChI is InChI=1S/C34H44O3.C2H6.3H2/c1-24(19-32(37-5)33(2,3)4)18-30(35)20-25-12-14-26(15-13-25)21-31(36)34-22-28(16-17-29(34)23-34)27-10-8-6-7-9-11-27;1-2;;;/h12-17,19,22,27,29H,1,6-11,18,20-21,23H2,2-5H3;1-2H3;3*1H/b32-19-;;;;. The number of carbonyl (C=O) groups is 2. The number of fused-ring (bicyclic) bond motifs is 1. The van der Waals surface area contributed by atoms with Crippen LogP contribution in [-0.2, 0) is 27.2 Å². The van der Waals surface area contributed by atoms with Gasteiger partial charge in [0.05, 0.1) is 12.5 Å². The summed E-state index contributed by atoms with van der Waals surface area (Å²) in [5, 5.41) is 0. The molecule has 4 rings (SSSR count). The van der Waals surface area contributed by atoms with Crippen LogP contribution in [0.15, 0.2) is 72.1 Å². The van der Waals surface area contributed by atoms with Crippen LogP contribution in [0.1, 0.15) is 101 Å². The van der Waals surface area contributed by atoms with Gasteiger partial charge in [-0.15, -0.1) is 0 Å². The number of hydrogen-bond donors (Lipinski definition) is 0. The summed E-state index contributed by atoms with van der Waals surface area (Å²) in [7, 11) is 1.65. The van der Waals surface area contributed by atoms with Crippen molar-refractivity contribution in [3.8, 4) is 0 Å². The van der Waals surface area contributed by atoms with Crippen LogP contribution < -0.4 is 0 Å². The van der Waals surface area contributed by atoms with Crippen LogP contribution in [0.2, 0.25) is 0 Å². The van der Waals surface area contributed by atoms with E-state index in [9.17, 15) is 9.59 Å². The largest absolute Gasteiger partial charge is 0.501 e. The van der Waals surface area contributed by atoms with Crippen molar-refractivity contribution in [2.75, 3.05) is 7.11 Å². The van der Waals surface area contributed by atoms with Gasteiger partial charge < -0.3 is 4.74 Å². The number of rotatable bonds is 10. The summed E-state index contributed by atoms with van der Waals surface area (Å²) in [6, 6.07) is 8.01. The first-order valence-corrected chi connectivity index (χ1v) is 15.1. The van der Waals surface area contributed by atoms with Gasteiger partial charge in [-0.1, -0.05) is 109 Å². The second-order valence-corrected chi connectivity index (χ2v) is 12.5. The minimum Gasteiger partial charge on any atom is -0.501 e. The summed E-state index contributed by atoms with van der Waals surface area (Å²) in [4.78, 5) is 26.1. The second-order valence-electron chi connectivity index (χ2n) is 12.5. The average Bonchev–Trinajstić information content (AvgIpc) is 3.69. The minimum atomic E-state index is -0.271. The van der Waals surface area contributed by atoms with E-state index in [4.69, 9.17) is 4.74 Å². The zero-order valence-electron chi connectivity index (χ0n) is 25.3. The van der Waals surface area contributed by atoms with E-state index in [-0.39, 0.29) is 20.9 Å². The van der Waals surface area contributed by atoms with E-state index in [0.717, 1.165) is 28.9 Å². The van der Waals surface area contributed by atoms with Crippen LogP contribution >= 0.6 is 0 Å². The van der Waals surface area contributed by atoms with Crippen molar-refractivity contribution in [2.24, 2.45) is 22.7 Å². The number of Topliss-reactive ketones (excluding diaryl/α,β-unsaturated/α-hetero) is 2. The fourth-order valence-electron chi connectivity index (χ4n) is 6.04. The second kappa shape index (κ2) is 13.6. The zero-order chi connectivity index (χ0) is 28.6. The van der Waals surface area contributed by atoms with E-state index in [1.54, 1.807) is 7.11 Å². The van der Waals surface area contributed by atoms with Gasteiger partial charge in [0.15, 0.2) is 0 Å². The van der Waals surface area contributed by atoms with Gasteiger partial charge in [0.2, 0.25) is 0 Å². The Morgan fingerprint density at radius 3 is 2.18 bits per heavy atom. The Bertz CT molecular complexity index is 1120. The van der Waals surface area contributed by atoms with Gasteiger partial charge in [0.25, 0.3) is 0 Å². The molecule has 3 heteroatoms. The molecule has 0 aliphatic heterocycles. The van der Waals surface area contributed by atoms with E-state index in [1.807, 2.05) is 44.2 Å². The molecule has 0 aromatic heterocycles. The molecule has 2 fully saturated rings. The molecule has 0 bridgehead atoms. The third kappa shape index (κ3) is 8.16. The summed E-state index contributed by atoms with van der Waals surface area (Å²) >= 11 is 0. The summed E-state index contributed by atoms with van der Waals surface area (Å²) in [5.41, 5.74) is 3.77. The maximum Gasteiger partial charge on any atom is 0.147 e. The fourth-order valence-corrected chi connectivity index (χ4v) is 6.04. The first-order valence-electron chi connectivity index (χ1n) is 15.1. The molecule has 1 aromatic carbocycles. The van der Waals surface area contributed by atoms with Crippen LogP contribution in [0.25, 0.3) is 0 Å². The Morgan fingerprint density at radius 1 is 1.03 bits per heavy atom. The van der Waals surface area contributed by atoms with Gasteiger partial charge in [-0.05, 0) is 59.4 Å². The summed E-state index contributed by atoms with van der Waals surface area (Å²) < 4.78 is 5.48. The van der Waals surface area contributed by atoms with Crippen molar-refractivity contribution in [3.63, 3.8) is 0 Å². The van der Waals surface area contributed by atoms with Gasteiger partial charge in [0.1, 0.15) is 17.3 Å². The van der Waals surface area contributed by atoms with E-state index in [0.29, 0.717) is 36.9 Å². The van der Waals surface area contributed by atoms with Gasteiger partial charge in [-0.2, -0.15) is 0 Å². The molecule has 2 unspecified atom stereocenters. The molecule has 218 valence electrons. The van der Waals surface area contributed by atoms with Gasteiger partial charge in [-0.3, -0.25) is 9.59 Å². The summed E-state index contributed by atoms with van der Waals surface area (Å²) in [6.07, 6.45) is 18.8. The fraction of sp³-hybridized carbons (Fsp3) is 0.556. The highest BCUT2D eigenvalue weighted by molar-refractivity contribution is 5.93. The van der Waals surface area contributed by atoms with Gasteiger partial charge in [-0.25, -0.2) is 0 Å². The van der Waals surface area contributed by atoms with Crippen LogP contribution in [0.4, 0.5) is 0 Å². The van der Waals surface area contributed by atoms with E-state index in [2.05, 4.69) is 45.6 Å². The highest BCUT2D eigenvalue weighted by Crippen LogP contribution is 2.59. The lowest BCUT2D eigenvalue weighted by Gasteiger charge is -2.22. The molecule has 0 spiro atoms. The molecule has 39 heavy (non-hydrogen) atoms. The van der Waals surface area contributed by atoms with Crippen molar-refractivity contribution in [2.45, 2.75) is 98.8 Å². The first-order chi connectivity index (χ1) is 18.6. The minimum absolute atomic E-state index is 0. The van der Waals surface area contributed by atoms with E-state index >= 15 is 0 Å². The highest BCUT2D eigenvalue weighted by atomic mass is 16.5. The Morgan fingerprint density at radius 2 is 1.62 bits per heavy atom. The molecule has 2 saturated carbocycles. The van der Waals surface area contributed by atoms with E-state index < -0.39 is 0 Å². The predicted octanol–water partition coefficient (Wildman–Crippen LogP) is 9.67. The van der Waals surface area contributed by atoms with Gasteiger partial charge >= 0.3 is 0 Å². The van der Waals surface area contributed by atoms with Crippen LogP contribution in [0.5, 0.6) is 0 Å². The maximum absolute atomic E-state index is 13.4. The Hall–Kier alpha value is -2.68. The maximum atomic E-state index is 13.4. The van der Waals surface area contributed by atoms with Crippen LogP contribution in [0.3, 0.4) is 0 Å². The Labute approximate surface area is 242 Å². The molecule has 0 radical (unpaired) electrons. The van der Waals surface area contributed by atoms with E-state index in [1.165, 1.54) is 44.1 Å². The number of hydrogen-bond acceptors (Lipinski definition) is 3. The van der Waals surface area contributed by atoms with Crippen molar-refractivity contribution in [3.05, 3.63) is 83.2 Å². The molecule has 0 saturated heterocycles. The van der Waals surface area contributed by atoms with Crippen molar-refractivity contribution >= 4 is 11.6 Å². The average molecular weight is 537 g/mol. The highest BCUT2D eigenvalue weighted by Gasteiger charge is 2.57. The third-order valence-electron chi connectivity index (χ3n) is 8.36. The quantitative estimate of drug-likeness (QED) is 0.170. The normalized spacial score (nSPS) is 23.0. The van der Waals surface area contributed by atoms with Crippen LogP contribution in [0, 0.1) is 22.7 Å². The lowest BCUT2D eigenvalue weighted by molar-refractivity contribution is -0.122. The Balaban J connectivity index is 0.00000329. The predicted molar refractivity (Wildman–Crippen MR) is 169 cm³/mol. The number of ether oxygens (including phenoxy) is 1. The summed E-state index contributed by atoms with van der Waals surface area (Å²) in [6.45, 7) is 14.3. The number of methoxy groups -OCH3 is 1. The zero-order valence-corrected chi connectivity index (χ0v) is 25.3. The molecule has 0 amide bonds. The summed E-state index contributed by atoms with van der Waals surface area (Å²) in [5.74, 6) is 2.29. The third-order valence-corrected chi connectivity index (χ3v) is 8.36. The molecule has 3 aliphatic rings. The molecule has 0 N–H and O–H groups in total. The lowest BCUT2D eigenvalue weighted by Crippen LogP contribution is -2.21. The molecule has 0 heterocycles. The monoisotopic (exact) mass is 536 g/mol. The molecular formula is C36H56O3. The van der Waals surface area contributed by atoms with Crippen LogP contribution in [-0.4, -0.2) is 18.7 Å².